The Bertz CT molecular complexity index is 461. The fourth-order valence-corrected chi connectivity index (χ4v) is 1.96. The zero-order valence-corrected chi connectivity index (χ0v) is 12.2. The Hall–Kier alpha value is -1.66. The molecular weight excluding hydrogens is 250 g/mol. The van der Waals surface area contributed by atoms with Crippen molar-refractivity contribution in [3.8, 4) is 23.8 Å². The van der Waals surface area contributed by atoms with Crippen LogP contribution >= 0.6 is 0 Å². The van der Waals surface area contributed by atoms with E-state index in [1.807, 2.05) is 13.0 Å². The summed E-state index contributed by atoms with van der Waals surface area (Å²) in [6.45, 7) is 4.14. The average molecular weight is 273 g/mol. The van der Waals surface area contributed by atoms with Gasteiger partial charge in [0, 0.05) is 19.0 Å². The van der Waals surface area contributed by atoms with E-state index in [1.165, 1.54) is 18.4 Å². The first-order chi connectivity index (χ1) is 9.83. The average Bonchev–Trinajstić information content (AvgIpc) is 3.27. The lowest BCUT2D eigenvalue weighted by molar-refractivity contribution is 0.274. The molecule has 0 atom stereocenters. The Balaban J connectivity index is 1.92. The molecule has 2 rings (SSSR count). The number of terminal acetylenes is 1. The van der Waals surface area contributed by atoms with Crippen LogP contribution in [0.1, 0.15) is 38.2 Å². The van der Waals surface area contributed by atoms with Crippen LogP contribution in [0, 0.1) is 12.3 Å². The smallest absolute Gasteiger partial charge is 0.161 e. The van der Waals surface area contributed by atoms with Gasteiger partial charge in [0.15, 0.2) is 11.5 Å². The predicted molar refractivity (Wildman–Crippen MR) is 81.0 cm³/mol. The lowest BCUT2D eigenvalue weighted by atomic mass is 10.2. The van der Waals surface area contributed by atoms with Crippen molar-refractivity contribution in [3.05, 3.63) is 23.8 Å². The summed E-state index contributed by atoms with van der Waals surface area (Å²) in [5.74, 6) is 4.24. The molecule has 0 bridgehead atoms. The molecule has 0 spiro atoms. The van der Waals surface area contributed by atoms with E-state index in [9.17, 15) is 0 Å². The molecule has 1 N–H and O–H groups in total. The fourth-order valence-electron chi connectivity index (χ4n) is 1.96. The Morgan fingerprint density at radius 1 is 1.30 bits per heavy atom. The Morgan fingerprint density at radius 2 is 2.15 bits per heavy atom. The summed E-state index contributed by atoms with van der Waals surface area (Å²) in [5, 5.41) is 3.50. The minimum atomic E-state index is 0.629. The normalized spacial score (nSPS) is 13.8. The van der Waals surface area contributed by atoms with Crippen LogP contribution in [0.5, 0.6) is 11.5 Å². The van der Waals surface area contributed by atoms with Gasteiger partial charge in [0.2, 0.25) is 0 Å². The number of benzene rings is 1. The molecule has 3 nitrogen and oxygen atoms in total. The van der Waals surface area contributed by atoms with Crippen LogP contribution in [0.2, 0.25) is 0 Å². The lowest BCUT2D eigenvalue weighted by Gasteiger charge is -2.13. The number of rotatable bonds is 9. The molecule has 1 aromatic rings. The minimum absolute atomic E-state index is 0.629. The molecule has 20 heavy (non-hydrogen) atoms. The van der Waals surface area contributed by atoms with E-state index in [-0.39, 0.29) is 0 Å². The highest BCUT2D eigenvalue weighted by Crippen LogP contribution is 2.29. The molecule has 0 aromatic heterocycles. The topological polar surface area (TPSA) is 30.5 Å². The second kappa shape index (κ2) is 7.81. The van der Waals surface area contributed by atoms with Gasteiger partial charge in [0.1, 0.15) is 0 Å². The third kappa shape index (κ3) is 4.79. The maximum atomic E-state index is 5.74. The summed E-state index contributed by atoms with van der Waals surface area (Å²) in [6, 6.07) is 6.86. The third-order valence-corrected chi connectivity index (χ3v) is 3.20. The van der Waals surface area contributed by atoms with Crippen molar-refractivity contribution in [2.45, 2.75) is 45.2 Å². The Morgan fingerprint density at radius 3 is 2.85 bits per heavy atom. The van der Waals surface area contributed by atoms with Crippen LogP contribution in [-0.2, 0) is 6.54 Å². The fraction of sp³-hybridized carbons (Fsp3) is 0.529. The summed E-state index contributed by atoms with van der Waals surface area (Å²) in [7, 11) is 0. The van der Waals surface area contributed by atoms with Crippen LogP contribution in [0.4, 0.5) is 0 Å². The molecule has 0 amide bonds. The molecule has 0 radical (unpaired) electrons. The maximum Gasteiger partial charge on any atom is 0.161 e. The van der Waals surface area contributed by atoms with Gasteiger partial charge in [-0.25, -0.2) is 0 Å². The van der Waals surface area contributed by atoms with Crippen molar-refractivity contribution in [1.29, 1.82) is 0 Å². The van der Waals surface area contributed by atoms with E-state index in [0.717, 1.165) is 30.9 Å². The van der Waals surface area contributed by atoms with Crippen molar-refractivity contribution < 1.29 is 9.47 Å². The number of hydrogen-bond acceptors (Lipinski definition) is 3. The van der Waals surface area contributed by atoms with Crippen molar-refractivity contribution in [1.82, 2.24) is 5.32 Å². The molecule has 1 fully saturated rings. The SMILES string of the molecule is C#CCCCOc1ccc(CNC2CC2)cc1OCC. The minimum Gasteiger partial charge on any atom is -0.490 e. The second-order valence-electron chi connectivity index (χ2n) is 5.03. The molecule has 1 aliphatic rings. The van der Waals surface area contributed by atoms with Crippen LogP contribution in [-0.4, -0.2) is 19.3 Å². The molecule has 1 aliphatic carbocycles. The van der Waals surface area contributed by atoms with E-state index in [1.54, 1.807) is 0 Å². The zero-order chi connectivity index (χ0) is 14.2. The number of ether oxygens (including phenoxy) is 2. The number of unbranched alkanes of at least 4 members (excludes halogenated alkanes) is 1. The van der Waals surface area contributed by atoms with Gasteiger partial charge in [-0.05, 0) is 43.9 Å². The molecule has 0 unspecified atom stereocenters. The van der Waals surface area contributed by atoms with Crippen molar-refractivity contribution in [3.63, 3.8) is 0 Å². The zero-order valence-electron chi connectivity index (χ0n) is 12.2. The Labute approximate surface area is 121 Å². The van der Waals surface area contributed by atoms with Gasteiger partial charge in [-0.15, -0.1) is 12.3 Å². The van der Waals surface area contributed by atoms with Crippen molar-refractivity contribution >= 4 is 0 Å². The Kier molecular flexibility index (Phi) is 5.76. The number of hydrogen-bond donors (Lipinski definition) is 1. The van der Waals surface area contributed by atoms with Gasteiger partial charge >= 0.3 is 0 Å². The van der Waals surface area contributed by atoms with Gasteiger partial charge in [-0.3, -0.25) is 0 Å². The van der Waals surface area contributed by atoms with E-state index in [2.05, 4.69) is 23.4 Å². The lowest BCUT2D eigenvalue weighted by Crippen LogP contribution is -2.15. The van der Waals surface area contributed by atoms with Gasteiger partial charge in [-0.1, -0.05) is 6.07 Å². The molecule has 1 aromatic carbocycles. The second-order valence-corrected chi connectivity index (χ2v) is 5.03. The van der Waals surface area contributed by atoms with Crippen LogP contribution in [0.25, 0.3) is 0 Å². The molecule has 0 aliphatic heterocycles. The molecular formula is C17H23NO2. The van der Waals surface area contributed by atoms with Crippen molar-refractivity contribution in [2.24, 2.45) is 0 Å². The standard InChI is InChI=1S/C17H23NO2/c1-3-5-6-11-20-16-10-7-14(12-17(16)19-4-2)13-18-15-8-9-15/h1,7,10,12,15,18H,4-6,8-9,11,13H2,2H3. The van der Waals surface area contributed by atoms with Gasteiger partial charge in [0.25, 0.3) is 0 Å². The highest BCUT2D eigenvalue weighted by atomic mass is 16.5. The molecule has 0 saturated heterocycles. The van der Waals surface area contributed by atoms with E-state index in [4.69, 9.17) is 15.9 Å². The predicted octanol–water partition coefficient (Wildman–Crippen LogP) is 3.13. The first-order valence-corrected chi connectivity index (χ1v) is 7.39. The largest absolute Gasteiger partial charge is 0.490 e. The summed E-state index contributed by atoms with van der Waals surface area (Å²) >= 11 is 0. The van der Waals surface area contributed by atoms with E-state index >= 15 is 0 Å². The van der Waals surface area contributed by atoms with Crippen LogP contribution < -0.4 is 14.8 Å². The highest BCUT2D eigenvalue weighted by molar-refractivity contribution is 5.43. The van der Waals surface area contributed by atoms with Gasteiger partial charge in [-0.2, -0.15) is 0 Å². The summed E-state index contributed by atoms with van der Waals surface area (Å²) in [4.78, 5) is 0. The summed E-state index contributed by atoms with van der Waals surface area (Å²) in [6.07, 6.45) is 9.44. The van der Waals surface area contributed by atoms with Gasteiger partial charge in [0.05, 0.1) is 13.2 Å². The number of nitrogens with one attached hydrogen (secondary N) is 1. The van der Waals surface area contributed by atoms with Gasteiger partial charge < -0.3 is 14.8 Å². The molecule has 3 heteroatoms. The van der Waals surface area contributed by atoms with E-state index < -0.39 is 0 Å². The van der Waals surface area contributed by atoms with Crippen LogP contribution in [0.15, 0.2) is 18.2 Å². The maximum absolute atomic E-state index is 5.74. The molecule has 1 saturated carbocycles. The van der Waals surface area contributed by atoms with Crippen LogP contribution in [0.3, 0.4) is 0 Å². The third-order valence-electron chi connectivity index (χ3n) is 3.20. The summed E-state index contributed by atoms with van der Waals surface area (Å²) < 4.78 is 11.4. The first kappa shape index (κ1) is 14.7. The highest BCUT2D eigenvalue weighted by Gasteiger charge is 2.20. The molecule has 0 heterocycles. The quantitative estimate of drug-likeness (QED) is 0.554. The van der Waals surface area contributed by atoms with E-state index in [0.29, 0.717) is 19.3 Å². The monoisotopic (exact) mass is 273 g/mol. The van der Waals surface area contributed by atoms with Crippen molar-refractivity contribution in [2.75, 3.05) is 13.2 Å². The first-order valence-electron chi connectivity index (χ1n) is 7.39. The molecule has 108 valence electrons. The summed E-state index contributed by atoms with van der Waals surface area (Å²) in [5.41, 5.74) is 1.23.